The first-order valence-electron chi connectivity index (χ1n) is 4.48. The molecule has 1 heterocycles. The van der Waals surface area contributed by atoms with E-state index < -0.39 is 35.9 Å². The third-order valence-electron chi connectivity index (χ3n) is 1.77. The lowest BCUT2D eigenvalue weighted by molar-refractivity contribution is -0.275. The number of aromatic nitrogens is 1. The van der Waals surface area contributed by atoms with E-state index in [9.17, 15) is 26.7 Å². The van der Waals surface area contributed by atoms with Crippen molar-refractivity contribution >= 4 is 28.6 Å². The topological polar surface area (TPSA) is 48.4 Å². The molecule has 10 heteroatoms. The van der Waals surface area contributed by atoms with Crippen LogP contribution >= 0.6 is 22.6 Å². The van der Waals surface area contributed by atoms with Gasteiger partial charge in [0, 0.05) is 6.07 Å². The number of halogens is 6. The Labute approximate surface area is 117 Å². The highest BCUT2D eigenvalue weighted by Crippen LogP contribution is 2.32. The van der Waals surface area contributed by atoms with E-state index in [1.165, 1.54) is 22.6 Å². The van der Waals surface area contributed by atoms with Crippen molar-refractivity contribution in [2.45, 2.75) is 12.8 Å². The number of alkyl halides is 5. The molecule has 0 saturated heterocycles. The monoisotopic (exact) mass is 397 g/mol. The molecule has 0 N–H and O–H groups in total. The lowest BCUT2D eigenvalue weighted by Gasteiger charge is -2.13. The zero-order valence-electron chi connectivity index (χ0n) is 9.09. The molecule has 0 amide bonds. The zero-order chi connectivity index (χ0) is 14.8. The van der Waals surface area contributed by atoms with Gasteiger partial charge in [-0.2, -0.15) is 0 Å². The summed E-state index contributed by atoms with van der Waals surface area (Å²) >= 11 is 1.33. The smallest absolute Gasteiger partial charge is 0.464 e. The largest absolute Gasteiger partial charge is 0.573 e. The lowest BCUT2D eigenvalue weighted by atomic mass is 10.3. The van der Waals surface area contributed by atoms with Crippen molar-refractivity contribution in [1.29, 1.82) is 0 Å². The van der Waals surface area contributed by atoms with Gasteiger partial charge in [-0.3, -0.25) is 0 Å². The molecule has 0 aliphatic rings. The Morgan fingerprint density at radius 2 is 2.00 bits per heavy atom. The lowest BCUT2D eigenvalue weighted by Crippen LogP contribution is -2.20. The van der Waals surface area contributed by atoms with E-state index in [0.29, 0.717) is 6.07 Å². The maximum absolute atomic E-state index is 12.5. The molecular formula is C9H5F5INO3. The van der Waals surface area contributed by atoms with E-state index in [1.54, 1.807) is 0 Å². The van der Waals surface area contributed by atoms with Crippen LogP contribution in [-0.4, -0.2) is 24.4 Å². The normalized spacial score (nSPS) is 11.6. The first kappa shape index (κ1) is 15.9. The maximum atomic E-state index is 12.5. The fourth-order valence-corrected chi connectivity index (χ4v) is 1.67. The third kappa shape index (κ3) is 4.14. The van der Waals surface area contributed by atoms with Gasteiger partial charge in [-0.15, -0.1) is 13.2 Å². The van der Waals surface area contributed by atoms with Crippen molar-refractivity contribution in [3.8, 4) is 5.75 Å². The minimum atomic E-state index is -5.08. The molecule has 1 rings (SSSR count). The Hall–Kier alpha value is -1.20. The molecule has 0 radical (unpaired) electrons. The number of ether oxygens (including phenoxy) is 2. The van der Waals surface area contributed by atoms with Gasteiger partial charge in [-0.05, 0) is 22.6 Å². The summed E-state index contributed by atoms with van der Waals surface area (Å²) in [4.78, 5) is 14.5. The SMILES string of the molecule is COC(=O)c1nc(C(F)F)cc(OC(F)(F)F)c1I. The highest BCUT2D eigenvalue weighted by molar-refractivity contribution is 14.1. The summed E-state index contributed by atoms with van der Waals surface area (Å²) in [5.74, 6) is -2.07. The molecule has 0 aliphatic heterocycles. The number of methoxy groups -OCH3 is 1. The summed E-state index contributed by atoms with van der Waals surface area (Å²) in [6.45, 7) is 0. The minimum absolute atomic E-state index is 0.369. The van der Waals surface area contributed by atoms with Gasteiger partial charge in [-0.25, -0.2) is 18.6 Å². The molecular weight excluding hydrogens is 392 g/mol. The summed E-state index contributed by atoms with van der Waals surface area (Å²) in [5, 5.41) is 0. The Balaban J connectivity index is 3.37. The number of hydrogen-bond donors (Lipinski definition) is 0. The molecule has 1 aromatic rings. The number of esters is 1. The van der Waals surface area contributed by atoms with Crippen LogP contribution in [0.5, 0.6) is 5.75 Å². The van der Waals surface area contributed by atoms with E-state index in [-0.39, 0.29) is 3.57 Å². The molecule has 0 atom stereocenters. The zero-order valence-corrected chi connectivity index (χ0v) is 11.3. The summed E-state index contributed by atoms with van der Waals surface area (Å²) < 4.78 is 68.8. The first-order chi connectivity index (χ1) is 8.65. The van der Waals surface area contributed by atoms with Crippen molar-refractivity contribution in [2.75, 3.05) is 7.11 Å². The Bertz CT molecular complexity index is 491. The predicted octanol–water partition coefficient (Wildman–Crippen LogP) is 3.31. The van der Waals surface area contributed by atoms with Gasteiger partial charge in [0.05, 0.1) is 10.7 Å². The maximum Gasteiger partial charge on any atom is 0.573 e. The molecule has 1 aromatic heterocycles. The molecule has 4 nitrogen and oxygen atoms in total. The molecule has 0 bridgehead atoms. The van der Waals surface area contributed by atoms with Crippen LogP contribution in [0.15, 0.2) is 6.07 Å². The van der Waals surface area contributed by atoms with Gasteiger partial charge in [0.2, 0.25) is 0 Å². The van der Waals surface area contributed by atoms with Crippen LogP contribution in [0.1, 0.15) is 22.6 Å². The molecule has 0 saturated carbocycles. The van der Waals surface area contributed by atoms with E-state index in [2.05, 4.69) is 14.5 Å². The van der Waals surface area contributed by atoms with Gasteiger partial charge in [0.1, 0.15) is 11.4 Å². The number of carbonyl (C=O) groups excluding carboxylic acids is 1. The van der Waals surface area contributed by atoms with Gasteiger partial charge >= 0.3 is 12.3 Å². The fourth-order valence-electron chi connectivity index (χ4n) is 1.07. The van der Waals surface area contributed by atoms with E-state index in [1.807, 2.05) is 0 Å². The van der Waals surface area contributed by atoms with Crippen molar-refractivity contribution in [2.24, 2.45) is 0 Å². The molecule has 0 spiro atoms. The molecule has 0 unspecified atom stereocenters. The van der Waals surface area contributed by atoms with Gasteiger partial charge < -0.3 is 9.47 Å². The Morgan fingerprint density at radius 1 is 1.42 bits per heavy atom. The summed E-state index contributed by atoms with van der Waals surface area (Å²) in [5.41, 5.74) is -1.68. The van der Waals surface area contributed by atoms with Crippen molar-refractivity contribution in [3.63, 3.8) is 0 Å². The van der Waals surface area contributed by atoms with E-state index >= 15 is 0 Å². The summed E-state index contributed by atoms with van der Waals surface area (Å²) in [6.07, 6.45) is -8.23. The molecule has 0 fully saturated rings. The number of pyridine rings is 1. The number of rotatable bonds is 3. The molecule has 19 heavy (non-hydrogen) atoms. The number of carbonyl (C=O) groups is 1. The summed E-state index contributed by atoms with van der Waals surface area (Å²) in [6, 6.07) is 0.423. The number of nitrogens with zero attached hydrogens (tertiary/aromatic N) is 1. The summed E-state index contributed by atoms with van der Waals surface area (Å²) in [7, 11) is 0.944. The minimum Gasteiger partial charge on any atom is -0.464 e. The standard InChI is InChI=1S/C9H5F5INO3/c1-18-8(17)6-5(15)4(19-9(12,13)14)2-3(16-6)7(10)11/h2,7H,1H3. The van der Waals surface area contributed by atoms with Gasteiger partial charge in [0.15, 0.2) is 5.69 Å². The average molecular weight is 397 g/mol. The van der Waals surface area contributed by atoms with Gasteiger partial charge in [0.25, 0.3) is 6.43 Å². The molecule has 0 aliphatic carbocycles. The highest BCUT2D eigenvalue weighted by Gasteiger charge is 2.34. The van der Waals surface area contributed by atoms with Crippen LogP contribution in [0.3, 0.4) is 0 Å². The van der Waals surface area contributed by atoms with Crippen LogP contribution in [0.2, 0.25) is 0 Å². The Morgan fingerprint density at radius 3 is 2.42 bits per heavy atom. The average Bonchev–Trinajstić information content (AvgIpc) is 2.28. The van der Waals surface area contributed by atoms with Gasteiger partial charge in [-0.1, -0.05) is 0 Å². The van der Waals surface area contributed by atoms with E-state index in [0.717, 1.165) is 7.11 Å². The third-order valence-corrected chi connectivity index (χ3v) is 2.81. The second-order valence-corrected chi connectivity index (χ2v) is 4.13. The van der Waals surface area contributed by atoms with Crippen molar-refractivity contribution in [1.82, 2.24) is 4.98 Å². The molecule has 0 aromatic carbocycles. The predicted molar refractivity (Wildman–Crippen MR) is 59.9 cm³/mol. The van der Waals surface area contributed by atoms with Crippen LogP contribution in [0.25, 0.3) is 0 Å². The van der Waals surface area contributed by atoms with Crippen LogP contribution in [0.4, 0.5) is 22.0 Å². The van der Waals surface area contributed by atoms with Crippen molar-refractivity contribution in [3.05, 3.63) is 21.0 Å². The first-order valence-corrected chi connectivity index (χ1v) is 5.56. The molecule has 106 valence electrons. The quantitative estimate of drug-likeness (QED) is 0.446. The van der Waals surface area contributed by atoms with Crippen molar-refractivity contribution < 1.29 is 36.2 Å². The van der Waals surface area contributed by atoms with Crippen LogP contribution < -0.4 is 4.74 Å². The number of hydrogen-bond acceptors (Lipinski definition) is 4. The second-order valence-electron chi connectivity index (χ2n) is 3.05. The Kier molecular flexibility index (Phi) is 4.87. The van der Waals surface area contributed by atoms with Crippen LogP contribution in [-0.2, 0) is 4.74 Å². The second kappa shape index (κ2) is 5.84. The van der Waals surface area contributed by atoms with Crippen LogP contribution in [0, 0.1) is 3.57 Å². The van der Waals surface area contributed by atoms with E-state index in [4.69, 9.17) is 0 Å². The highest BCUT2D eigenvalue weighted by atomic mass is 127. The fraction of sp³-hybridized carbons (Fsp3) is 0.333.